The molecule has 1 aromatic carbocycles. The van der Waals surface area contributed by atoms with E-state index in [0.29, 0.717) is 5.75 Å². The molecule has 16 heavy (non-hydrogen) atoms. The third-order valence-electron chi connectivity index (χ3n) is 2.74. The predicted molar refractivity (Wildman–Crippen MR) is 64.1 cm³/mol. The fraction of sp³-hybridized carbons (Fsp3) is 0.308. The Morgan fingerprint density at radius 1 is 1.31 bits per heavy atom. The highest BCUT2D eigenvalue weighted by Crippen LogP contribution is 2.24. The summed E-state index contributed by atoms with van der Waals surface area (Å²) in [4.78, 5) is 0. The zero-order valence-corrected chi connectivity index (χ0v) is 9.86. The van der Waals surface area contributed by atoms with Crippen molar-refractivity contribution in [2.45, 2.75) is 27.2 Å². The lowest BCUT2D eigenvalue weighted by Gasteiger charge is -2.04. The first-order valence-corrected chi connectivity index (χ1v) is 5.48. The van der Waals surface area contributed by atoms with E-state index in [9.17, 15) is 5.11 Å². The lowest BCUT2D eigenvalue weighted by Crippen LogP contribution is -1.99. The van der Waals surface area contributed by atoms with Crippen LogP contribution in [-0.2, 0) is 6.42 Å². The molecule has 2 rings (SSSR count). The molecular formula is C13H16N2O. The summed E-state index contributed by atoms with van der Waals surface area (Å²) in [6, 6.07) is 8.09. The van der Waals surface area contributed by atoms with Gasteiger partial charge in [-0.25, -0.2) is 4.68 Å². The first kappa shape index (κ1) is 10.7. The Bertz CT molecular complexity index is 515. The van der Waals surface area contributed by atoms with Crippen LogP contribution in [0.2, 0.25) is 0 Å². The van der Waals surface area contributed by atoms with E-state index in [2.05, 4.69) is 11.2 Å². The zero-order valence-electron chi connectivity index (χ0n) is 9.86. The highest BCUT2D eigenvalue weighted by molar-refractivity contribution is 5.41. The summed E-state index contributed by atoms with van der Waals surface area (Å²) in [5.74, 6) is 0.309. The molecule has 0 bridgehead atoms. The van der Waals surface area contributed by atoms with Crippen molar-refractivity contribution < 1.29 is 5.11 Å². The van der Waals surface area contributed by atoms with Crippen molar-refractivity contribution >= 4 is 0 Å². The van der Waals surface area contributed by atoms with E-state index in [4.69, 9.17) is 0 Å². The Balaban J connectivity index is 2.56. The number of benzene rings is 1. The van der Waals surface area contributed by atoms with E-state index in [1.54, 1.807) is 4.68 Å². The number of hydrogen-bond acceptors (Lipinski definition) is 2. The van der Waals surface area contributed by atoms with Gasteiger partial charge >= 0.3 is 0 Å². The van der Waals surface area contributed by atoms with Crippen molar-refractivity contribution in [2.24, 2.45) is 0 Å². The summed E-state index contributed by atoms with van der Waals surface area (Å²) in [5.41, 5.74) is 3.72. The van der Waals surface area contributed by atoms with Crippen LogP contribution in [0.4, 0.5) is 0 Å². The largest absolute Gasteiger partial charge is 0.504 e. The van der Waals surface area contributed by atoms with Gasteiger partial charge in [0, 0.05) is 0 Å². The maximum atomic E-state index is 9.87. The van der Waals surface area contributed by atoms with Gasteiger partial charge in [0.15, 0.2) is 5.75 Å². The molecule has 1 aromatic heterocycles. The van der Waals surface area contributed by atoms with Crippen LogP contribution in [0, 0.1) is 13.8 Å². The van der Waals surface area contributed by atoms with Crippen LogP contribution in [0.1, 0.15) is 23.9 Å². The summed E-state index contributed by atoms with van der Waals surface area (Å²) in [6.45, 7) is 5.91. The Morgan fingerprint density at radius 2 is 2.06 bits per heavy atom. The molecule has 0 amide bonds. The van der Waals surface area contributed by atoms with E-state index in [1.807, 2.05) is 39.0 Å². The summed E-state index contributed by atoms with van der Waals surface area (Å²) < 4.78 is 1.79. The zero-order chi connectivity index (χ0) is 11.7. The predicted octanol–water partition coefficient (Wildman–Crippen LogP) is 2.76. The van der Waals surface area contributed by atoms with Crippen LogP contribution in [0.25, 0.3) is 5.69 Å². The third kappa shape index (κ3) is 1.69. The number of aromatic nitrogens is 2. The highest BCUT2D eigenvalue weighted by Gasteiger charge is 2.12. The normalized spacial score (nSPS) is 10.7. The molecule has 3 heteroatoms. The van der Waals surface area contributed by atoms with Crippen molar-refractivity contribution in [3.8, 4) is 11.4 Å². The topological polar surface area (TPSA) is 38.0 Å². The van der Waals surface area contributed by atoms with Crippen LogP contribution in [-0.4, -0.2) is 14.9 Å². The molecule has 0 saturated heterocycles. The minimum absolute atomic E-state index is 0.309. The highest BCUT2D eigenvalue weighted by atomic mass is 16.3. The van der Waals surface area contributed by atoms with Gasteiger partial charge in [0.2, 0.25) is 0 Å². The van der Waals surface area contributed by atoms with Crippen LogP contribution >= 0.6 is 0 Å². The van der Waals surface area contributed by atoms with Gasteiger partial charge < -0.3 is 5.11 Å². The van der Waals surface area contributed by atoms with Crippen LogP contribution in [0.5, 0.6) is 5.75 Å². The van der Waals surface area contributed by atoms with Gasteiger partial charge in [0.25, 0.3) is 0 Å². The fourth-order valence-corrected chi connectivity index (χ4v) is 1.80. The maximum absolute atomic E-state index is 9.87. The Hall–Kier alpha value is -1.77. The second-order valence-corrected chi connectivity index (χ2v) is 3.99. The van der Waals surface area contributed by atoms with E-state index in [1.165, 1.54) is 5.56 Å². The fourth-order valence-electron chi connectivity index (χ4n) is 1.80. The molecule has 0 unspecified atom stereocenters. The molecule has 2 aromatic rings. The lowest BCUT2D eigenvalue weighted by molar-refractivity contribution is 0.464. The lowest BCUT2D eigenvalue weighted by atomic mass is 10.2. The number of hydrogen-bond donors (Lipinski definition) is 1. The quantitative estimate of drug-likeness (QED) is 0.838. The van der Waals surface area contributed by atoms with Crippen molar-refractivity contribution in [3.63, 3.8) is 0 Å². The number of nitrogens with zero attached hydrogens (tertiary/aromatic N) is 2. The average molecular weight is 216 g/mol. The Kier molecular flexibility index (Phi) is 2.69. The molecule has 0 aliphatic carbocycles. The SMILES string of the molecule is CCc1nn(-c2cccc(C)c2)c(C)c1O. The average Bonchev–Trinajstić information content (AvgIpc) is 2.56. The summed E-state index contributed by atoms with van der Waals surface area (Å²) in [7, 11) is 0. The standard InChI is InChI=1S/C13H16N2O/c1-4-12-13(16)10(3)15(14-12)11-7-5-6-9(2)8-11/h5-8,16H,4H2,1-3H3. The minimum Gasteiger partial charge on any atom is -0.504 e. The summed E-state index contributed by atoms with van der Waals surface area (Å²) in [5, 5.41) is 14.3. The van der Waals surface area contributed by atoms with Gasteiger partial charge in [-0.05, 0) is 38.0 Å². The molecule has 84 valence electrons. The van der Waals surface area contributed by atoms with E-state index >= 15 is 0 Å². The minimum atomic E-state index is 0.309. The van der Waals surface area contributed by atoms with E-state index in [-0.39, 0.29) is 0 Å². The molecule has 0 fully saturated rings. The van der Waals surface area contributed by atoms with Gasteiger partial charge in [0.05, 0.1) is 11.4 Å². The second-order valence-electron chi connectivity index (χ2n) is 3.99. The van der Waals surface area contributed by atoms with Crippen molar-refractivity contribution in [3.05, 3.63) is 41.2 Å². The summed E-state index contributed by atoms with van der Waals surface area (Å²) >= 11 is 0. The molecular weight excluding hydrogens is 200 g/mol. The molecule has 0 aliphatic heterocycles. The smallest absolute Gasteiger partial charge is 0.160 e. The van der Waals surface area contributed by atoms with Crippen LogP contribution in [0.15, 0.2) is 24.3 Å². The van der Waals surface area contributed by atoms with Gasteiger partial charge in [0.1, 0.15) is 5.69 Å². The Labute approximate surface area is 95.3 Å². The molecule has 0 spiro atoms. The van der Waals surface area contributed by atoms with E-state index in [0.717, 1.165) is 23.5 Å². The molecule has 3 nitrogen and oxygen atoms in total. The van der Waals surface area contributed by atoms with Crippen LogP contribution in [0.3, 0.4) is 0 Å². The van der Waals surface area contributed by atoms with E-state index < -0.39 is 0 Å². The molecule has 0 radical (unpaired) electrons. The van der Waals surface area contributed by atoms with Crippen molar-refractivity contribution in [1.82, 2.24) is 9.78 Å². The van der Waals surface area contributed by atoms with Gasteiger partial charge in [-0.2, -0.15) is 5.10 Å². The maximum Gasteiger partial charge on any atom is 0.160 e. The van der Waals surface area contributed by atoms with Gasteiger partial charge in [-0.3, -0.25) is 0 Å². The number of rotatable bonds is 2. The molecule has 1 N–H and O–H groups in total. The molecule has 0 saturated carbocycles. The van der Waals surface area contributed by atoms with Crippen molar-refractivity contribution in [1.29, 1.82) is 0 Å². The monoisotopic (exact) mass is 216 g/mol. The number of aromatic hydroxyl groups is 1. The Morgan fingerprint density at radius 3 is 2.62 bits per heavy atom. The van der Waals surface area contributed by atoms with Gasteiger partial charge in [-0.15, -0.1) is 0 Å². The third-order valence-corrected chi connectivity index (χ3v) is 2.74. The van der Waals surface area contributed by atoms with Crippen molar-refractivity contribution in [2.75, 3.05) is 0 Å². The molecule has 0 atom stereocenters. The molecule has 1 heterocycles. The number of aryl methyl sites for hydroxylation is 2. The summed E-state index contributed by atoms with van der Waals surface area (Å²) in [6.07, 6.45) is 0.742. The second kappa shape index (κ2) is 4.00. The molecule has 0 aliphatic rings. The first-order chi connectivity index (χ1) is 7.63. The van der Waals surface area contributed by atoms with Gasteiger partial charge in [-0.1, -0.05) is 19.1 Å². The van der Waals surface area contributed by atoms with Crippen LogP contribution < -0.4 is 0 Å². The first-order valence-electron chi connectivity index (χ1n) is 5.48.